The Morgan fingerprint density at radius 2 is 1.75 bits per heavy atom. The van der Waals surface area contributed by atoms with E-state index >= 15 is 0 Å². The van der Waals surface area contributed by atoms with E-state index < -0.39 is 0 Å². The minimum absolute atomic E-state index is 0.820. The zero-order valence-electron chi connectivity index (χ0n) is 10.6. The molecule has 16 heavy (non-hydrogen) atoms. The average molecular weight is 222 g/mol. The SMILES string of the molecule is CCNC1CC2CCC(C1)N2CC1CCC1. The lowest BCUT2D eigenvalue weighted by atomic mass is 9.84. The molecule has 2 bridgehead atoms. The van der Waals surface area contributed by atoms with Crippen LogP contribution in [0.5, 0.6) is 0 Å². The van der Waals surface area contributed by atoms with Crippen molar-refractivity contribution in [3.8, 4) is 0 Å². The molecule has 3 rings (SSSR count). The molecule has 0 aromatic rings. The molecule has 92 valence electrons. The highest BCUT2D eigenvalue weighted by molar-refractivity contribution is 4.98. The van der Waals surface area contributed by atoms with Crippen molar-refractivity contribution in [3.63, 3.8) is 0 Å². The second-order valence-corrected chi connectivity index (χ2v) is 6.10. The fraction of sp³-hybridized carbons (Fsp3) is 1.00. The van der Waals surface area contributed by atoms with Gasteiger partial charge < -0.3 is 5.32 Å². The molecular weight excluding hydrogens is 196 g/mol. The highest BCUT2D eigenvalue weighted by Crippen LogP contribution is 2.38. The average Bonchev–Trinajstić information content (AvgIpc) is 2.45. The normalized spacial score (nSPS) is 39.9. The number of piperidine rings is 1. The molecule has 0 aromatic carbocycles. The Labute approximate surface area is 99.8 Å². The van der Waals surface area contributed by atoms with Gasteiger partial charge in [0.05, 0.1) is 0 Å². The van der Waals surface area contributed by atoms with Gasteiger partial charge in [0.25, 0.3) is 0 Å². The van der Waals surface area contributed by atoms with Crippen molar-refractivity contribution >= 4 is 0 Å². The van der Waals surface area contributed by atoms with E-state index in [-0.39, 0.29) is 0 Å². The van der Waals surface area contributed by atoms with Gasteiger partial charge in [0.1, 0.15) is 0 Å². The molecule has 2 heterocycles. The Morgan fingerprint density at radius 3 is 2.25 bits per heavy atom. The van der Waals surface area contributed by atoms with Crippen molar-refractivity contribution in [1.29, 1.82) is 0 Å². The molecule has 1 aliphatic carbocycles. The topological polar surface area (TPSA) is 15.3 Å². The molecule has 0 spiro atoms. The van der Waals surface area contributed by atoms with E-state index in [1.807, 2.05) is 0 Å². The first-order chi connectivity index (χ1) is 7.86. The first-order valence-corrected chi connectivity index (χ1v) is 7.36. The van der Waals surface area contributed by atoms with E-state index in [2.05, 4.69) is 17.1 Å². The maximum atomic E-state index is 3.66. The molecule has 0 radical (unpaired) electrons. The monoisotopic (exact) mass is 222 g/mol. The van der Waals surface area contributed by atoms with Gasteiger partial charge in [-0.15, -0.1) is 0 Å². The van der Waals surface area contributed by atoms with Crippen molar-refractivity contribution in [2.45, 2.75) is 70.0 Å². The van der Waals surface area contributed by atoms with E-state index in [0.29, 0.717) is 0 Å². The summed E-state index contributed by atoms with van der Waals surface area (Å²) >= 11 is 0. The minimum Gasteiger partial charge on any atom is -0.314 e. The van der Waals surface area contributed by atoms with Gasteiger partial charge in [-0.05, 0) is 51.0 Å². The fourth-order valence-electron chi connectivity index (χ4n) is 4.00. The quantitative estimate of drug-likeness (QED) is 0.786. The minimum atomic E-state index is 0.820. The summed E-state index contributed by atoms with van der Waals surface area (Å²) in [5.74, 6) is 1.05. The number of nitrogens with one attached hydrogen (secondary N) is 1. The Kier molecular flexibility index (Phi) is 3.21. The van der Waals surface area contributed by atoms with E-state index in [4.69, 9.17) is 0 Å². The summed E-state index contributed by atoms with van der Waals surface area (Å²) in [4.78, 5) is 2.87. The molecule has 2 atom stereocenters. The van der Waals surface area contributed by atoms with Crippen LogP contribution in [0.25, 0.3) is 0 Å². The first-order valence-electron chi connectivity index (χ1n) is 7.36. The summed E-state index contributed by atoms with van der Waals surface area (Å²) in [5.41, 5.74) is 0. The molecule has 0 amide bonds. The Balaban J connectivity index is 1.56. The Hall–Kier alpha value is -0.0800. The van der Waals surface area contributed by atoms with Gasteiger partial charge in [-0.1, -0.05) is 13.3 Å². The van der Waals surface area contributed by atoms with Crippen molar-refractivity contribution < 1.29 is 0 Å². The number of rotatable bonds is 4. The van der Waals surface area contributed by atoms with Crippen molar-refractivity contribution in [1.82, 2.24) is 10.2 Å². The van der Waals surface area contributed by atoms with Crippen LogP contribution >= 0.6 is 0 Å². The van der Waals surface area contributed by atoms with Gasteiger partial charge in [0.2, 0.25) is 0 Å². The largest absolute Gasteiger partial charge is 0.314 e. The number of nitrogens with zero attached hydrogens (tertiary/aromatic N) is 1. The molecular formula is C14H26N2. The summed E-state index contributed by atoms with van der Waals surface area (Å²) in [7, 11) is 0. The van der Waals surface area contributed by atoms with Gasteiger partial charge in [-0.25, -0.2) is 0 Å². The summed E-state index contributed by atoms with van der Waals surface area (Å²) < 4.78 is 0. The second-order valence-electron chi connectivity index (χ2n) is 6.10. The maximum Gasteiger partial charge on any atom is 0.0114 e. The van der Waals surface area contributed by atoms with Gasteiger partial charge in [0, 0.05) is 24.7 Å². The van der Waals surface area contributed by atoms with E-state index in [1.54, 1.807) is 0 Å². The Bertz CT molecular complexity index is 223. The van der Waals surface area contributed by atoms with Gasteiger partial charge in [0.15, 0.2) is 0 Å². The molecule has 3 aliphatic rings. The van der Waals surface area contributed by atoms with Crippen molar-refractivity contribution in [2.24, 2.45) is 5.92 Å². The lowest BCUT2D eigenvalue weighted by Gasteiger charge is -2.42. The molecule has 1 saturated carbocycles. The van der Waals surface area contributed by atoms with Crippen LogP contribution in [0.15, 0.2) is 0 Å². The van der Waals surface area contributed by atoms with Gasteiger partial charge in [-0.2, -0.15) is 0 Å². The number of hydrogen-bond donors (Lipinski definition) is 1. The summed E-state index contributed by atoms with van der Waals surface area (Å²) in [5, 5.41) is 3.66. The molecule has 0 aromatic heterocycles. The molecule has 2 nitrogen and oxygen atoms in total. The Morgan fingerprint density at radius 1 is 1.06 bits per heavy atom. The molecule has 1 N–H and O–H groups in total. The van der Waals surface area contributed by atoms with E-state index in [9.17, 15) is 0 Å². The fourth-order valence-corrected chi connectivity index (χ4v) is 4.00. The number of fused-ring (bicyclic) bond motifs is 2. The molecule has 2 heteroatoms. The third-order valence-corrected chi connectivity index (χ3v) is 5.07. The second kappa shape index (κ2) is 4.66. The van der Waals surface area contributed by atoms with Crippen LogP contribution in [0.2, 0.25) is 0 Å². The maximum absolute atomic E-state index is 3.66. The lowest BCUT2D eigenvalue weighted by Crippen LogP contribution is -2.50. The molecule has 3 fully saturated rings. The van der Waals surface area contributed by atoms with Gasteiger partial charge in [-0.3, -0.25) is 4.90 Å². The summed E-state index contributed by atoms with van der Waals surface area (Å²) in [6.07, 6.45) is 10.3. The highest BCUT2D eigenvalue weighted by atomic mass is 15.2. The predicted octanol–water partition coefficient (Wildman–Crippen LogP) is 2.39. The van der Waals surface area contributed by atoms with Crippen LogP contribution < -0.4 is 5.32 Å². The summed E-state index contributed by atoms with van der Waals surface area (Å²) in [6.45, 7) is 4.81. The smallest absolute Gasteiger partial charge is 0.0114 e. The van der Waals surface area contributed by atoms with Crippen LogP contribution in [0.1, 0.15) is 51.9 Å². The van der Waals surface area contributed by atoms with Crippen molar-refractivity contribution in [3.05, 3.63) is 0 Å². The van der Waals surface area contributed by atoms with Crippen LogP contribution in [0, 0.1) is 5.92 Å². The predicted molar refractivity (Wildman–Crippen MR) is 67.6 cm³/mol. The standard InChI is InChI=1S/C14H26N2/c1-2-15-12-8-13-6-7-14(9-12)16(13)10-11-4-3-5-11/h11-15H,2-10H2,1H3. The van der Waals surface area contributed by atoms with E-state index in [1.165, 1.54) is 51.5 Å². The third kappa shape index (κ3) is 2.02. The molecule has 2 aliphatic heterocycles. The van der Waals surface area contributed by atoms with E-state index in [0.717, 1.165) is 30.6 Å². The van der Waals surface area contributed by atoms with Crippen LogP contribution in [-0.2, 0) is 0 Å². The zero-order valence-corrected chi connectivity index (χ0v) is 10.6. The molecule has 2 unspecified atom stereocenters. The third-order valence-electron chi connectivity index (χ3n) is 5.07. The highest BCUT2D eigenvalue weighted by Gasteiger charge is 2.41. The van der Waals surface area contributed by atoms with Gasteiger partial charge >= 0.3 is 0 Å². The van der Waals surface area contributed by atoms with Crippen LogP contribution in [-0.4, -0.2) is 36.1 Å². The number of hydrogen-bond acceptors (Lipinski definition) is 2. The zero-order chi connectivity index (χ0) is 11.0. The van der Waals surface area contributed by atoms with Crippen molar-refractivity contribution in [2.75, 3.05) is 13.1 Å². The summed E-state index contributed by atoms with van der Waals surface area (Å²) in [6, 6.07) is 2.66. The van der Waals surface area contributed by atoms with Crippen LogP contribution in [0.4, 0.5) is 0 Å². The van der Waals surface area contributed by atoms with Crippen LogP contribution in [0.3, 0.4) is 0 Å². The molecule has 2 saturated heterocycles. The first kappa shape index (κ1) is 11.0. The lowest BCUT2D eigenvalue weighted by molar-refractivity contribution is 0.0790.